The highest BCUT2D eigenvalue weighted by molar-refractivity contribution is 7.10. The molecule has 1 unspecified atom stereocenters. The number of carbonyl (C=O) groups is 1. The molecule has 0 saturated heterocycles. The van der Waals surface area contributed by atoms with Crippen LogP contribution < -0.4 is 4.80 Å². The second-order valence-electron chi connectivity index (χ2n) is 3.93. The van der Waals surface area contributed by atoms with Crippen LogP contribution in [0.2, 0.25) is 0 Å². The molecule has 96 valence electrons. The summed E-state index contributed by atoms with van der Waals surface area (Å²) < 4.78 is 1.87. The Balaban J connectivity index is 2.29. The summed E-state index contributed by atoms with van der Waals surface area (Å²) in [6.07, 6.45) is -0.566. The van der Waals surface area contributed by atoms with Gasteiger partial charge in [-0.05, 0) is 18.4 Å². The van der Waals surface area contributed by atoms with E-state index in [0.717, 1.165) is 10.6 Å². The number of aromatic nitrogens is 1. The van der Waals surface area contributed by atoms with Crippen molar-refractivity contribution in [3.63, 3.8) is 0 Å². The Kier molecular flexibility index (Phi) is 4.11. The molecule has 1 amide bonds. The fourth-order valence-corrected chi connectivity index (χ4v) is 3.24. The first-order valence-corrected chi connectivity index (χ1v) is 7.25. The summed E-state index contributed by atoms with van der Waals surface area (Å²) in [5.41, 5.74) is 0.996. The topological polar surface area (TPSA) is 54.6 Å². The maximum absolute atomic E-state index is 11.1. The minimum absolute atomic E-state index is 0.226. The molecule has 0 aliphatic heterocycles. The van der Waals surface area contributed by atoms with Crippen molar-refractivity contribution in [2.75, 3.05) is 0 Å². The third-order valence-electron chi connectivity index (χ3n) is 2.47. The third kappa shape index (κ3) is 2.95. The summed E-state index contributed by atoms with van der Waals surface area (Å²) >= 11 is 2.93. The van der Waals surface area contributed by atoms with Crippen molar-refractivity contribution in [2.24, 2.45) is 4.99 Å². The van der Waals surface area contributed by atoms with Crippen LogP contribution in [-0.4, -0.2) is 15.6 Å². The molecule has 0 aromatic carbocycles. The summed E-state index contributed by atoms with van der Waals surface area (Å²) in [6.45, 7) is 3.79. The van der Waals surface area contributed by atoms with Crippen LogP contribution in [0.1, 0.15) is 23.6 Å². The van der Waals surface area contributed by atoms with Gasteiger partial charge < -0.3 is 9.67 Å². The minimum atomic E-state index is -0.566. The van der Waals surface area contributed by atoms with Crippen molar-refractivity contribution in [1.29, 1.82) is 0 Å². The fraction of sp³-hybridized carbons (Fsp3) is 0.333. The minimum Gasteiger partial charge on any atom is -0.386 e. The molecule has 2 rings (SSSR count). The molecular formula is C12H14N2O2S2. The number of nitrogens with zero attached hydrogens (tertiary/aromatic N) is 2. The molecule has 2 heterocycles. The van der Waals surface area contributed by atoms with E-state index in [9.17, 15) is 9.90 Å². The predicted octanol–water partition coefficient (Wildman–Crippen LogP) is 2.10. The number of hydrogen-bond donors (Lipinski definition) is 1. The zero-order chi connectivity index (χ0) is 13.1. The molecule has 2 aromatic heterocycles. The highest BCUT2D eigenvalue weighted by atomic mass is 32.1. The highest BCUT2D eigenvalue weighted by Crippen LogP contribution is 2.20. The van der Waals surface area contributed by atoms with Crippen LogP contribution in [0.5, 0.6) is 0 Å². The molecule has 0 saturated carbocycles. The lowest BCUT2D eigenvalue weighted by Crippen LogP contribution is -2.21. The van der Waals surface area contributed by atoms with Crippen molar-refractivity contribution < 1.29 is 9.90 Å². The molecule has 1 atom stereocenters. The molecule has 6 heteroatoms. The number of carbonyl (C=O) groups excluding carboxylic acids is 1. The van der Waals surface area contributed by atoms with Crippen molar-refractivity contribution in [3.05, 3.63) is 38.3 Å². The van der Waals surface area contributed by atoms with E-state index in [1.807, 2.05) is 34.4 Å². The third-order valence-corrected chi connectivity index (χ3v) is 4.43. The van der Waals surface area contributed by atoms with Gasteiger partial charge in [0.05, 0.1) is 6.54 Å². The smallest absolute Gasteiger partial charge is 0.245 e. The first kappa shape index (κ1) is 13.2. The number of hydrogen-bond acceptors (Lipinski definition) is 4. The molecule has 1 N–H and O–H groups in total. The molecule has 4 nitrogen and oxygen atoms in total. The molecular weight excluding hydrogens is 268 g/mol. The van der Waals surface area contributed by atoms with E-state index in [1.165, 1.54) is 29.6 Å². The maximum atomic E-state index is 11.1. The van der Waals surface area contributed by atoms with Crippen LogP contribution in [0, 0.1) is 6.92 Å². The largest absolute Gasteiger partial charge is 0.386 e. The lowest BCUT2D eigenvalue weighted by atomic mass is 10.3. The van der Waals surface area contributed by atoms with E-state index < -0.39 is 6.10 Å². The summed E-state index contributed by atoms with van der Waals surface area (Å²) in [6, 6.07) is 3.81. The summed E-state index contributed by atoms with van der Waals surface area (Å²) in [5.74, 6) is -0.226. The molecule has 0 aliphatic carbocycles. The standard InChI is InChI=1S/C12H14N2O2S2/c1-8-7-18-12(13-9(2)15)14(8)6-10(16)11-4-3-5-17-11/h3-5,7,10,16H,6H2,1-2H3/b13-12+. The van der Waals surface area contributed by atoms with E-state index >= 15 is 0 Å². The van der Waals surface area contributed by atoms with Gasteiger partial charge >= 0.3 is 0 Å². The van der Waals surface area contributed by atoms with Gasteiger partial charge in [0.25, 0.3) is 0 Å². The van der Waals surface area contributed by atoms with Crippen molar-refractivity contribution >= 4 is 28.6 Å². The Morgan fingerprint density at radius 1 is 1.56 bits per heavy atom. The average Bonchev–Trinajstić information content (AvgIpc) is 2.92. The van der Waals surface area contributed by atoms with Crippen LogP contribution in [0.15, 0.2) is 27.9 Å². The number of aryl methyl sites for hydroxylation is 1. The number of thiophene rings is 1. The average molecular weight is 282 g/mol. The van der Waals surface area contributed by atoms with Crippen LogP contribution in [0.25, 0.3) is 0 Å². The van der Waals surface area contributed by atoms with Gasteiger partial charge in [-0.3, -0.25) is 4.79 Å². The molecule has 0 spiro atoms. The zero-order valence-corrected chi connectivity index (χ0v) is 11.8. The second-order valence-corrected chi connectivity index (χ2v) is 5.75. The molecule has 18 heavy (non-hydrogen) atoms. The molecule has 0 radical (unpaired) electrons. The van der Waals surface area contributed by atoms with Crippen molar-refractivity contribution in [3.8, 4) is 0 Å². The van der Waals surface area contributed by atoms with Gasteiger partial charge in [-0.15, -0.1) is 22.7 Å². The van der Waals surface area contributed by atoms with Gasteiger partial charge in [-0.25, -0.2) is 0 Å². The lowest BCUT2D eigenvalue weighted by molar-refractivity contribution is -0.116. The SMILES string of the molecule is CC(=O)/N=c1/scc(C)n1CC(O)c1cccs1. The molecule has 2 aromatic rings. The van der Waals surface area contributed by atoms with Crippen molar-refractivity contribution in [2.45, 2.75) is 26.5 Å². The Labute approximate surface area is 113 Å². The van der Waals surface area contributed by atoms with E-state index in [4.69, 9.17) is 0 Å². The van der Waals surface area contributed by atoms with Gasteiger partial charge in [-0.1, -0.05) is 6.07 Å². The van der Waals surface area contributed by atoms with Gasteiger partial charge in [0.1, 0.15) is 6.10 Å². The molecule has 0 bridgehead atoms. The monoisotopic (exact) mass is 282 g/mol. The fourth-order valence-electron chi connectivity index (χ4n) is 1.60. The van der Waals surface area contributed by atoms with Gasteiger partial charge in [0.2, 0.25) is 5.91 Å². The number of thiazole rings is 1. The predicted molar refractivity (Wildman–Crippen MR) is 72.6 cm³/mol. The van der Waals surface area contributed by atoms with E-state index in [2.05, 4.69) is 4.99 Å². The molecule has 0 fully saturated rings. The van der Waals surface area contributed by atoms with Gasteiger partial charge in [0.15, 0.2) is 4.80 Å². The second kappa shape index (κ2) is 5.60. The Bertz CT molecular complexity index is 596. The normalized spacial score (nSPS) is 13.8. The van der Waals surface area contributed by atoms with Crippen LogP contribution >= 0.6 is 22.7 Å². The highest BCUT2D eigenvalue weighted by Gasteiger charge is 2.12. The number of aliphatic hydroxyl groups excluding tert-OH is 1. The quantitative estimate of drug-likeness (QED) is 0.937. The summed E-state index contributed by atoms with van der Waals surface area (Å²) in [5, 5.41) is 14.0. The van der Waals surface area contributed by atoms with E-state index in [-0.39, 0.29) is 5.91 Å². The zero-order valence-electron chi connectivity index (χ0n) is 10.2. The van der Waals surface area contributed by atoms with Crippen LogP contribution in [0.3, 0.4) is 0 Å². The first-order chi connectivity index (χ1) is 8.58. The maximum Gasteiger partial charge on any atom is 0.245 e. The Morgan fingerprint density at radius 2 is 2.33 bits per heavy atom. The van der Waals surface area contributed by atoms with Crippen LogP contribution in [0.4, 0.5) is 0 Å². The van der Waals surface area contributed by atoms with E-state index in [1.54, 1.807) is 0 Å². The molecule has 0 aliphatic rings. The number of amides is 1. The Hall–Kier alpha value is -1.24. The van der Waals surface area contributed by atoms with Crippen LogP contribution in [-0.2, 0) is 11.3 Å². The Morgan fingerprint density at radius 3 is 2.94 bits per heavy atom. The lowest BCUT2D eigenvalue weighted by Gasteiger charge is -2.11. The first-order valence-electron chi connectivity index (χ1n) is 5.49. The number of rotatable bonds is 3. The summed E-state index contributed by atoms with van der Waals surface area (Å²) in [4.78, 5) is 16.6. The van der Waals surface area contributed by atoms with Gasteiger partial charge in [0, 0.05) is 22.9 Å². The number of aliphatic hydroxyl groups is 1. The summed E-state index contributed by atoms with van der Waals surface area (Å²) in [7, 11) is 0. The van der Waals surface area contributed by atoms with Crippen molar-refractivity contribution in [1.82, 2.24) is 4.57 Å². The van der Waals surface area contributed by atoms with Gasteiger partial charge in [-0.2, -0.15) is 4.99 Å². The van der Waals surface area contributed by atoms with E-state index in [0.29, 0.717) is 11.3 Å².